The van der Waals surface area contributed by atoms with Crippen LogP contribution < -0.4 is 5.32 Å². The van der Waals surface area contributed by atoms with Crippen LogP contribution in [0.1, 0.15) is 33.6 Å². The van der Waals surface area contributed by atoms with Crippen LogP contribution >= 0.6 is 0 Å². The summed E-state index contributed by atoms with van der Waals surface area (Å²) >= 11 is 0. The molecule has 0 amide bonds. The highest BCUT2D eigenvalue weighted by Crippen LogP contribution is 2.25. The van der Waals surface area contributed by atoms with Crippen molar-refractivity contribution in [2.45, 2.75) is 33.6 Å². The lowest BCUT2D eigenvalue weighted by Gasteiger charge is -2.33. The third-order valence-corrected chi connectivity index (χ3v) is 5.49. The molecule has 1 saturated heterocycles. The van der Waals surface area contributed by atoms with Gasteiger partial charge in [0.1, 0.15) is 0 Å². The number of sulfonamides is 1. The van der Waals surface area contributed by atoms with E-state index in [0.29, 0.717) is 31.5 Å². The molecule has 0 saturated carbocycles. The molecule has 0 aromatic rings. The van der Waals surface area contributed by atoms with E-state index in [2.05, 4.69) is 19.2 Å². The van der Waals surface area contributed by atoms with Gasteiger partial charge >= 0.3 is 0 Å². The van der Waals surface area contributed by atoms with E-state index in [1.807, 2.05) is 6.92 Å². The smallest absolute Gasteiger partial charge is 0.215 e. The first kappa shape index (κ1) is 14.9. The molecular formula is C12H26N2O2S. The normalized spacial score (nSPS) is 20.0. The quantitative estimate of drug-likeness (QED) is 0.734. The second kappa shape index (κ2) is 6.71. The van der Waals surface area contributed by atoms with E-state index in [9.17, 15) is 8.42 Å². The lowest BCUT2D eigenvalue weighted by Crippen LogP contribution is -2.42. The second-order valence-electron chi connectivity index (χ2n) is 5.15. The lowest BCUT2D eigenvalue weighted by atomic mass is 9.87. The van der Waals surface area contributed by atoms with Crippen LogP contribution in [-0.4, -0.2) is 44.7 Å². The van der Waals surface area contributed by atoms with Crippen LogP contribution in [0.2, 0.25) is 0 Å². The van der Waals surface area contributed by atoms with Crippen LogP contribution in [0.25, 0.3) is 0 Å². The van der Waals surface area contributed by atoms with E-state index < -0.39 is 10.0 Å². The topological polar surface area (TPSA) is 49.4 Å². The van der Waals surface area contributed by atoms with E-state index in [0.717, 1.165) is 19.4 Å². The maximum atomic E-state index is 12.0. The number of rotatable bonds is 6. The molecule has 0 atom stereocenters. The molecule has 1 aliphatic heterocycles. The highest BCUT2D eigenvalue weighted by atomic mass is 32.2. The summed E-state index contributed by atoms with van der Waals surface area (Å²) < 4.78 is 25.7. The van der Waals surface area contributed by atoms with Gasteiger partial charge < -0.3 is 5.32 Å². The number of nitrogens with one attached hydrogen (secondary N) is 1. The van der Waals surface area contributed by atoms with Gasteiger partial charge in [0.25, 0.3) is 0 Å². The largest absolute Gasteiger partial charge is 0.316 e. The highest BCUT2D eigenvalue weighted by molar-refractivity contribution is 7.89. The third-order valence-electron chi connectivity index (χ3n) is 3.62. The van der Waals surface area contributed by atoms with Gasteiger partial charge in [-0.2, -0.15) is 0 Å². The Morgan fingerprint density at radius 2 is 1.88 bits per heavy atom. The summed E-state index contributed by atoms with van der Waals surface area (Å²) in [5.41, 5.74) is 0. The summed E-state index contributed by atoms with van der Waals surface area (Å²) in [5, 5.41) is 3.06. The molecule has 0 spiro atoms. The fourth-order valence-electron chi connectivity index (χ4n) is 2.33. The van der Waals surface area contributed by atoms with E-state index in [4.69, 9.17) is 0 Å². The zero-order valence-electron chi connectivity index (χ0n) is 11.3. The first-order chi connectivity index (χ1) is 7.97. The molecule has 0 unspecified atom stereocenters. The molecule has 17 heavy (non-hydrogen) atoms. The maximum Gasteiger partial charge on any atom is 0.215 e. The molecule has 5 heteroatoms. The van der Waals surface area contributed by atoms with E-state index in [-0.39, 0.29) is 5.75 Å². The molecule has 0 radical (unpaired) electrons. The van der Waals surface area contributed by atoms with Gasteiger partial charge in [0.15, 0.2) is 0 Å². The molecule has 0 aromatic carbocycles. The Hall–Kier alpha value is -0.130. The molecule has 1 aliphatic rings. The molecule has 0 bridgehead atoms. The molecule has 1 fully saturated rings. The molecule has 0 aromatic heterocycles. The molecule has 0 aliphatic carbocycles. The molecule has 1 N–H and O–H groups in total. The highest BCUT2D eigenvalue weighted by Gasteiger charge is 2.28. The molecule has 1 rings (SSSR count). The standard InChI is InChI=1S/C12H26N2O2S/c1-4-13-7-10-17(15,16)14-8-5-12(6-9-14)11(2)3/h11-13H,4-10H2,1-3H3. The van der Waals surface area contributed by atoms with E-state index in [1.165, 1.54) is 0 Å². The molecule has 102 valence electrons. The zero-order valence-corrected chi connectivity index (χ0v) is 12.1. The summed E-state index contributed by atoms with van der Waals surface area (Å²) in [7, 11) is -3.03. The monoisotopic (exact) mass is 262 g/mol. The van der Waals surface area contributed by atoms with Crippen LogP contribution in [0.15, 0.2) is 0 Å². The van der Waals surface area contributed by atoms with Crippen molar-refractivity contribution in [3.8, 4) is 0 Å². The van der Waals surface area contributed by atoms with Gasteiger partial charge in [-0.3, -0.25) is 0 Å². The Morgan fingerprint density at radius 3 is 2.35 bits per heavy atom. The van der Waals surface area contributed by atoms with Crippen LogP contribution in [0.3, 0.4) is 0 Å². The number of nitrogens with zero attached hydrogens (tertiary/aromatic N) is 1. The van der Waals surface area contributed by atoms with Crippen LogP contribution in [-0.2, 0) is 10.0 Å². The Kier molecular flexibility index (Phi) is 5.89. The van der Waals surface area contributed by atoms with Crippen molar-refractivity contribution in [2.24, 2.45) is 11.8 Å². The van der Waals surface area contributed by atoms with Gasteiger partial charge in [0, 0.05) is 19.6 Å². The van der Waals surface area contributed by atoms with Gasteiger partial charge in [-0.15, -0.1) is 0 Å². The van der Waals surface area contributed by atoms with E-state index in [1.54, 1.807) is 4.31 Å². The predicted molar refractivity (Wildman–Crippen MR) is 71.5 cm³/mol. The minimum Gasteiger partial charge on any atom is -0.316 e. The second-order valence-corrected chi connectivity index (χ2v) is 7.24. The maximum absolute atomic E-state index is 12.0. The van der Waals surface area contributed by atoms with E-state index >= 15 is 0 Å². The average molecular weight is 262 g/mol. The van der Waals surface area contributed by atoms with Gasteiger partial charge in [-0.1, -0.05) is 20.8 Å². The fraction of sp³-hybridized carbons (Fsp3) is 1.00. The first-order valence-electron chi connectivity index (χ1n) is 6.66. The Balaban J connectivity index is 2.41. The van der Waals surface area contributed by atoms with Crippen LogP contribution in [0.5, 0.6) is 0 Å². The van der Waals surface area contributed by atoms with Crippen molar-refractivity contribution in [1.29, 1.82) is 0 Å². The SMILES string of the molecule is CCNCCS(=O)(=O)N1CCC(C(C)C)CC1. The van der Waals surface area contributed by atoms with Crippen molar-refractivity contribution < 1.29 is 8.42 Å². The number of hydrogen-bond acceptors (Lipinski definition) is 3. The Morgan fingerprint density at radius 1 is 1.29 bits per heavy atom. The average Bonchev–Trinajstić information content (AvgIpc) is 2.29. The van der Waals surface area contributed by atoms with Gasteiger partial charge in [-0.25, -0.2) is 12.7 Å². The number of hydrogen-bond donors (Lipinski definition) is 1. The minimum atomic E-state index is -3.03. The summed E-state index contributed by atoms with van der Waals surface area (Å²) in [4.78, 5) is 0. The molecular weight excluding hydrogens is 236 g/mol. The van der Waals surface area contributed by atoms with Crippen molar-refractivity contribution in [1.82, 2.24) is 9.62 Å². The third kappa shape index (κ3) is 4.56. The lowest BCUT2D eigenvalue weighted by molar-refractivity contribution is 0.226. The predicted octanol–water partition coefficient (Wildman–Crippen LogP) is 1.29. The zero-order chi connectivity index (χ0) is 12.9. The van der Waals surface area contributed by atoms with Crippen molar-refractivity contribution in [2.75, 3.05) is 31.9 Å². The number of piperidine rings is 1. The fourth-order valence-corrected chi connectivity index (χ4v) is 3.76. The van der Waals surface area contributed by atoms with Crippen LogP contribution in [0, 0.1) is 11.8 Å². The minimum absolute atomic E-state index is 0.229. The van der Waals surface area contributed by atoms with Crippen molar-refractivity contribution in [3.05, 3.63) is 0 Å². The van der Waals surface area contributed by atoms with Crippen molar-refractivity contribution >= 4 is 10.0 Å². The first-order valence-corrected chi connectivity index (χ1v) is 8.26. The van der Waals surface area contributed by atoms with Gasteiger partial charge in [0.2, 0.25) is 10.0 Å². The Bertz CT molecular complexity index is 306. The molecule has 4 nitrogen and oxygen atoms in total. The van der Waals surface area contributed by atoms with Crippen LogP contribution in [0.4, 0.5) is 0 Å². The summed E-state index contributed by atoms with van der Waals surface area (Å²) in [6, 6.07) is 0. The molecule has 1 heterocycles. The Labute approximate surface area is 106 Å². The summed E-state index contributed by atoms with van der Waals surface area (Å²) in [6.07, 6.45) is 2.02. The van der Waals surface area contributed by atoms with Gasteiger partial charge in [0.05, 0.1) is 5.75 Å². The van der Waals surface area contributed by atoms with Crippen molar-refractivity contribution in [3.63, 3.8) is 0 Å². The summed E-state index contributed by atoms with van der Waals surface area (Å²) in [6.45, 7) is 9.23. The summed E-state index contributed by atoms with van der Waals surface area (Å²) in [5.74, 6) is 1.59. The van der Waals surface area contributed by atoms with Gasteiger partial charge in [-0.05, 0) is 31.2 Å².